The molecule has 0 saturated carbocycles. The molecule has 1 aliphatic heterocycles. The van der Waals surface area contributed by atoms with Crippen LogP contribution in [0.4, 0.5) is 4.79 Å². The van der Waals surface area contributed by atoms with Gasteiger partial charge in [-0.25, -0.2) is 4.79 Å². The molecule has 4 amide bonds. The van der Waals surface area contributed by atoms with Crippen LogP contribution < -0.4 is 16.4 Å². The molecule has 1 aromatic carbocycles. The first-order valence-electron chi connectivity index (χ1n) is 14.6. The zero-order valence-corrected chi connectivity index (χ0v) is 26.3. The lowest BCUT2D eigenvalue weighted by molar-refractivity contribution is -0.141. The van der Waals surface area contributed by atoms with Gasteiger partial charge in [-0.2, -0.15) is 0 Å². The molecular formula is C31H51N5O5. The van der Waals surface area contributed by atoms with E-state index in [4.69, 9.17) is 10.5 Å². The third-order valence-electron chi connectivity index (χ3n) is 7.57. The van der Waals surface area contributed by atoms with E-state index in [-0.39, 0.29) is 24.0 Å². The highest BCUT2D eigenvalue weighted by Crippen LogP contribution is 2.29. The fourth-order valence-electron chi connectivity index (χ4n) is 5.13. The number of carbonyl (C=O) groups is 4. The number of rotatable bonds is 6. The normalized spacial score (nSPS) is 21.8. The summed E-state index contributed by atoms with van der Waals surface area (Å²) in [6.07, 6.45) is 4.33. The Morgan fingerprint density at radius 2 is 1.78 bits per heavy atom. The number of likely N-dealkylation sites (N-methyl/N-ethyl adjacent to an activating group) is 1. The summed E-state index contributed by atoms with van der Waals surface area (Å²) in [5, 5.41) is 5.71. The third kappa shape index (κ3) is 9.73. The minimum absolute atomic E-state index is 0.0334. The van der Waals surface area contributed by atoms with Crippen molar-refractivity contribution in [2.75, 3.05) is 13.6 Å². The molecule has 10 nitrogen and oxygen atoms in total. The van der Waals surface area contributed by atoms with Crippen molar-refractivity contribution in [1.29, 1.82) is 0 Å². The van der Waals surface area contributed by atoms with E-state index in [0.717, 1.165) is 25.7 Å². The average Bonchev–Trinajstić information content (AvgIpc) is 3.22. The molecule has 0 bridgehead atoms. The van der Waals surface area contributed by atoms with Crippen LogP contribution in [0.25, 0.3) is 0 Å². The lowest BCUT2D eigenvalue weighted by Crippen LogP contribution is -2.59. The highest BCUT2D eigenvalue weighted by atomic mass is 16.6. The van der Waals surface area contributed by atoms with Gasteiger partial charge in [-0.3, -0.25) is 19.3 Å². The Hall–Kier alpha value is -3.14. The monoisotopic (exact) mass is 573 g/mol. The summed E-state index contributed by atoms with van der Waals surface area (Å²) >= 11 is 0. The van der Waals surface area contributed by atoms with Crippen LogP contribution in [-0.4, -0.2) is 77.5 Å². The molecule has 0 radical (unpaired) electrons. The van der Waals surface area contributed by atoms with Crippen LogP contribution in [-0.2, 0) is 25.5 Å². The SMILES string of the molecule is CC1CC(N)CN1C(=O)[C@@H](NC(=O)[C@H](C)N(C)C(=O)OC(C)(C)C)C(C)(C)C.O=CNC1CCCc2ccccc21. The van der Waals surface area contributed by atoms with Crippen molar-refractivity contribution in [2.24, 2.45) is 11.1 Å². The minimum Gasteiger partial charge on any atom is -0.444 e. The van der Waals surface area contributed by atoms with Crippen LogP contribution in [0.3, 0.4) is 0 Å². The fraction of sp³-hybridized carbons (Fsp3) is 0.677. The molecule has 0 aromatic heterocycles. The Balaban J connectivity index is 0.000000372. The van der Waals surface area contributed by atoms with Gasteiger partial charge in [-0.15, -0.1) is 0 Å². The minimum atomic E-state index is -0.786. The maximum absolute atomic E-state index is 13.1. The Labute approximate surface area is 245 Å². The molecule has 1 heterocycles. The van der Waals surface area contributed by atoms with E-state index in [1.807, 2.05) is 33.8 Å². The van der Waals surface area contributed by atoms with Crippen molar-refractivity contribution in [2.45, 2.75) is 117 Å². The van der Waals surface area contributed by atoms with Gasteiger partial charge < -0.3 is 26.0 Å². The summed E-state index contributed by atoms with van der Waals surface area (Å²) < 4.78 is 5.32. The van der Waals surface area contributed by atoms with Crippen LogP contribution in [0.5, 0.6) is 0 Å². The zero-order chi connectivity index (χ0) is 31.1. The van der Waals surface area contributed by atoms with Crippen LogP contribution in [0, 0.1) is 5.41 Å². The van der Waals surface area contributed by atoms with Crippen molar-refractivity contribution in [3.63, 3.8) is 0 Å². The van der Waals surface area contributed by atoms with Crippen molar-refractivity contribution in [1.82, 2.24) is 20.4 Å². The number of nitrogens with zero attached hydrogens (tertiary/aromatic N) is 2. The number of aryl methyl sites for hydroxylation is 1. The summed E-state index contributed by atoms with van der Waals surface area (Å²) in [5.41, 5.74) is 7.52. The van der Waals surface area contributed by atoms with Gasteiger partial charge in [-0.1, -0.05) is 45.0 Å². The van der Waals surface area contributed by atoms with Gasteiger partial charge in [0.2, 0.25) is 18.2 Å². The predicted octanol–water partition coefficient (Wildman–Crippen LogP) is 3.53. The maximum atomic E-state index is 13.1. The highest BCUT2D eigenvalue weighted by molar-refractivity contribution is 5.91. The Morgan fingerprint density at radius 3 is 2.32 bits per heavy atom. The van der Waals surface area contributed by atoms with Gasteiger partial charge in [-0.05, 0) is 76.8 Å². The van der Waals surface area contributed by atoms with Crippen LogP contribution >= 0.6 is 0 Å². The molecular weight excluding hydrogens is 522 g/mol. The van der Waals surface area contributed by atoms with Crippen molar-refractivity contribution < 1.29 is 23.9 Å². The van der Waals surface area contributed by atoms with Crippen LogP contribution in [0.15, 0.2) is 24.3 Å². The molecule has 3 rings (SSSR count). The summed E-state index contributed by atoms with van der Waals surface area (Å²) in [6.45, 7) is 15.0. The molecule has 1 aromatic rings. The molecule has 0 spiro atoms. The van der Waals surface area contributed by atoms with Crippen LogP contribution in [0.2, 0.25) is 0 Å². The number of nitrogens with one attached hydrogen (secondary N) is 2. The highest BCUT2D eigenvalue weighted by Gasteiger charge is 2.41. The van der Waals surface area contributed by atoms with E-state index in [1.54, 1.807) is 32.6 Å². The van der Waals surface area contributed by atoms with E-state index in [9.17, 15) is 19.2 Å². The first-order valence-corrected chi connectivity index (χ1v) is 14.6. The summed E-state index contributed by atoms with van der Waals surface area (Å²) in [5.74, 6) is -0.550. The van der Waals surface area contributed by atoms with E-state index in [2.05, 4.69) is 28.8 Å². The van der Waals surface area contributed by atoms with Crippen molar-refractivity contribution in [3.05, 3.63) is 35.4 Å². The van der Waals surface area contributed by atoms with E-state index in [0.29, 0.717) is 6.54 Å². The average molecular weight is 574 g/mol. The van der Waals surface area contributed by atoms with E-state index in [1.165, 1.54) is 29.5 Å². The second-order valence-corrected chi connectivity index (χ2v) is 13.3. The summed E-state index contributed by atoms with van der Waals surface area (Å²) in [6, 6.07) is 7.06. The van der Waals surface area contributed by atoms with E-state index < -0.39 is 35.1 Å². The smallest absolute Gasteiger partial charge is 0.410 e. The fourth-order valence-corrected chi connectivity index (χ4v) is 5.13. The molecule has 5 atom stereocenters. The first kappa shape index (κ1) is 34.1. The molecule has 41 heavy (non-hydrogen) atoms. The topological polar surface area (TPSA) is 134 Å². The van der Waals surface area contributed by atoms with Crippen molar-refractivity contribution >= 4 is 24.3 Å². The first-order chi connectivity index (χ1) is 19.0. The van der Waals surface area contributed by atoms with Gasteiger partial charge in [0, 0.05) is 25.7 Å². The standard InChI is InChI=1S/C20H38N4O4.C11H13NO/c1-12-10-14(21)11-24(12)17(26)15(19(3,4)5)22-16(25)13(2)23(9)18(27)28-20(6,7)8;13-8-12-11-7-3-5-9-4-1-2-6-10(9)11/h12-15H,10-11,21H2,1-9H3,(H,22,25);1-2,4,6,8,11H,3,5,7H2,(H,12,13)/t12?,13-,14?,15+;/m0./s1. The third-order valence-corrected chi connectivity index (χ3v) is 7.57. The summed E-state index contributed by atoms with van der Waals surface area (Å²) in [7, 11) is 1.51. The molecule has 3 unspecified atom stereocenters. The second-order valence-electron chi connectivity index (χ2n) is 13.3. The number of hydrogen-bond acceptors (Lipinski definition) is 6. The lowest BCUT2D eigenvalue weighted by atomic mass is 9.85. The molecule has 1 fully saturated rings. The Kier molecular flexibility index (Phi) is 11.8. The van der Waals surface area contributed by atoms with Gasteiger partial charge in [0.25, 0.3) is 0 Å². The zero-order valence-electron chi connectivity index (χ0n) is 26.3. The number of fused-ring (bicyclic) bond motifs is 1. The predicted molar refractivity (Wildman–Crippen MR) is 160 cm³/mol. The number of nitrogens with two attached hydrogens (primary N) is 1. The van der Waals surface area contributed by atoms with Gasteiger partial charge in [0.1, 0.15) is 17.7 Å². The van der Waals surface area contributed by atoms with Gasteiger partial charge >= 0.3 is 6.09 Å². The molecule has 1 saturated heterocycles. The molecule has 10 heteroatoms. The molecule has 1 aliphatic carbocycles. The number of carbonyl (C=O) groups excluding carboxylic acids is 4. The number of likely N-dealkylation sites (tertiary alicyclic amines) is 1. The van der Waals surface area contributed by atoms with E-state index >= 15 is 0 Å². The second kappa shape index (κ2) is 14.2. The maximum Gasteiger partial charge on any atom is 0.410 e. The lowest BCUT2D eigenvalue weighted by Gasteiger charge is -2.36. The van der Waals surface area contributed by atoms with Crippen LogP contribution in [0.1, 0.15) is 91.8 Å². The Bertz CT molecular complexity index is 1060. The van der Waals surface area contributed by atoms with Crippen molar-refractivity contribution in [3.8, 4) is 0 Å². The molecule has 230 valence electrons. The Morgan fingerprint density at radius 1 is 1.15 bits per heavy atom. The number of amides is 4. The molecule has 4 N–H and O–H groups in total. The number of benzene rings is 1. The van der Waals surface area contributed by atoms with Gasteiger partial charge in [0.05, 0.1) is 6.04 Å². The molecule has 2 aliphatic rings. The number of hydrogen-bond donors (Lipinski definition) is 3. The largest absolute Gasteiger partial charge is 0.444 e. The number of ether oxygens (including phenoxy) is 1. The van der Waals surface area contributed by atoms with Gasteiger partial charge in [0.15, 0.2) is 0 Å². The summed E-state index contributed by atoms with van der Waals surface area (Å²) in [4.78, 5) is 51.6. The quantitative estimate of drug-likeness (QED) is 0.446.